The maximum atomic E-state index is 3.30. The van der Waals surface area contributed by atoms with Crippen LogP contribution in [0.15, 0.2) is 24.3 Å². The van der Waals surface area contributed by atoms with Gasteiger partial charge in [-0.25, -0.2) is 0 Å². The van der Waals surface area contributed by atoms with Gasteiger partial charge in [0, 0.05) is 6.54 Å². The first-order valence-electron chi connectivity index (χ1n) is 5.80. The van der Waals surface area contributed by atoms with Crippen LogP contribution in [-0.4, -0.2) is 13.6 Å². The van der Waals surface area contributed by atoms with E-state index in [9.17, 15) is 0 Å². The Balaban J connectivity index is 2.79. The predicted molar refractivity (Wildman–Crippen MR) is 67.2 cm³/mol. The Morgan fingerprint density at radius 2 is 1.93 bits per heavy atom. The summed E-state index contributed by atoms with van der Waals surface area (Å²) in [4.78, 5) is 0. The number of nitrogens with one attached hydrogen (secondary N) is 1. The lowest BCUT2D eigenvalue weighted by atomic mass is 9.80. The lowest BCUT2D eigenvalue weighted by Crippen LogP contribution is -2.31. The fraction of sp³-hybridized carbons (Fsp3) is 0.571. The Morgan fingerprint density at radius 1 is 1.27 bits per heavy atom. The summed E-state index contributed by atoms with van der Waals surface area (Å²) in [6, 6.07) is 8.70. The Labute approximate surface area is 93.9 Å². The van der Waals surface area contributed by atoms with Crippen molar-refractivity contribution in [3.05, 3.63) is 35.4 Å². The highest BCUT2D eigenvalue weighted by Crippen LogP contribution is 2.26. The zero-order chi connectivity index (χ0) is 11.3. The summed E-state index contributed by atoms with van der Waals surface area (Å²) in [5, 5.41) is 3.30. The molecule has 0 spiro atoms. The number of rotatable bonds is 5. The van der Waals surface area contributed by atoms with E-state index in [4.69, 9.17) is 0 Å². The molecule has 15 heavy (non-hydrogen) atoms. The summed E-state index contributed by atoms with van der Waals surface area (Å²) in [5.41, 5.74) is 3.27. The van der Waals surface area contributed by atoms with E-state index in [1.807, 2.05) is 7.05 Å². The smallest absolute Gasteiger partial charge is 0.000524 e. The van der Waals surface area contributed by atoms with Gasteiger partial charge in [0.25, 0.3) is 0 Å². The van der Waals surface area contributed by atoms with Crippen molar-refractivity contribution in [2.24, 2.45) is 5.41 Å². The first-order valence-corrected chi connectivity index (χ1v) is 5.80. The zero-order valence-electron chi connectivity index (χ0n) is 10.4. The van der Waals surface area contributed by atoms with E-state index in [2.05, 4.69) is 50.4 Å². The number of aryl methyl sites for hydroxylation is 1. The molecule has 1 unspecified atom stereocenters. The molecule has 1 aromatic rings. The van der Waals surface area contributed by atoms with Crippen molar-refractivity contribution in [2.45, 2.75) is 33.6 Å². The van der Waals surface area contributed by atoms with E-state index in [1.54, 1.807) is 0 Å². The number of benzene rings is 1. The Morgan fingerprint density at radius 3 is 2.47 bits per heavy atom. The van der Waals surface area contributed by atoms with Crippen LogP contribution in [0, 0.1) is 12.3 Å². The maximum Gasteiger partial charge on any atom is 0.000524 e. The number of hydrogen-bond acceptors (Lipinski definition) is 1. The predicted octanol–water partition coefficient (Wildman–Crippen LogP) is 3.17. The van der Waals surface area contributed by atoms with Crippen molar-refractivity contribution in [1.82, 2.24) is 5.32 Å². The van der Waals surface area contributed by atoms with Crippen molar-refractivity contribution >= 4 is 0 Å². The summed E-state index contributed by atoms with van der Waals surface area (Å²) < 4.78 is 0. The second kappa shape index (κ2) is 5.32. The third-order valence-corrected chi connectivity index (χ3v) is 3.34. The van der Waals surface area contributed by atoms with Crippen molar-refractivity contribution in [3.8, 4) is 0 Å². The summed E-state index contributed by atoms with van der Waals surface area (Å²) in [7, 11) is 2.03. The second-order valence-corrected chi connectivity index (χ2v) is 4.80. The maximum absolute atomic E-state index is 3.30. The van der Waals surface area contributed by atoms with Gasteiger partial charge in [0.05, 0.1) is 0 Å². The molecule has 1 aromatic carbocycles. The molecular weight excluding hydrogens is 182 g/mol. The summed E-state index contributed by atoms with van der Waals surface area (Å²) in [6.07, 6.45) is 2.37. The molecule has 1 N–H and O–H groups in total. The standard InChI is InChI=1S/C14H23N/c1-5-14(3,11-15-4)10-13-9-7-6-8-12(13)2/h6-9,15H,5,10-11H2,1-4H3. The largest absolute Gasteiger partial charge is 0.319 e. The Hall–Kier alpha value is -0.820. The van der Waals surface area contributed by atoms with Crippen molar-refractivity contribution in [1.29, 1.82) is 0 Å². The van der Waals surface area contributed by atoms with E-state index >= 15 is 0 Å². The van der Waals surface area contributed by atoms with Crippen LogP contribution in [0.2, 0.25) is 0 Å². The van der Waals surface area contributed by atoms with Crippen LogP contribution in [0.5, 0.6) is 0 Å². The lowest BCUT2D eigenvalue weighted by Gasteiger charge is -2.28. The third-order valence-electron chi connectivity index (χ3n) is 3.34. The van der Waals surface area contributed by atoms with Gasteiger partial charge in [0.1, 0.15) is 0 Å². The number of hydrogen-bond donors (Lipinski definition) is 1. The molecule has 1 heteroatoms. The van der Waals surface area contributed by atoms with Gasteiger partial charge in [-0.1, -0.05) is 38.1 Å². The first-order chi connectivity index (χ1) is 7.11. The lowest BCUT2D eigenvalue weighted by molar-refractivity contribution is 0.298. The van der Waals surface area contributed by atoms with Gasteiger partial charge in [-0.2, -0.15) is 0 Å². The van der Waals surface area contributed by atoms with E-state index in [1.165, 1.54) is 17.5 Å². The van der Waals surface area contributed by atoms with E-state index in [0.29, 0.717) is 5.41 Å². The minimum atomic E-state index is 0.376. The first kappa shape index (κ1) is 12.3. The molecule has 0 aliphatic rings. The third kappa shape index (κ3) is 3.35. The van der Waals surface area contributed by atoms with Gasteiger partial charge in [0.15, 0.2) is 0 Å². The minimum absolute atomic E-state index is 0.376. The van der Waals surface area contributed by atoms with Crippen LogP contribution >= 0.6 is 0 Å². The van der Waals surface area contributed by atoms with Crippen LogP contribution < -0.4 is 5.32 Å². The molecule has 0 aromatic heterocycles. The van der Waals surface area contributed by atoms with Crippen LogP contribution in [0.4, 0.5) is 0 Å². The molecule has 0 fully saturated rings. The molecule has 0 heterocycles. The van der Waals surface area contributed by atoms with Gasteiger partial charge in [-0.15, -0.1) is 0 Å². The highest BCUT2D eigenvalue weighted by molar-refractivity contribution is 5.26. The monoisotopic (exact) mass is 205 g/mol. The molecule has 0 amide bonds. The molecule has 0 bridgehead atoms. The average molecular weight is 205 g/mol. The van der Waals surface area contributed by atoms with Crippen molar-refractivity contribution in [2.75, 3.05) is 13.6 Å². The molecule has 84 valence electrons. The molecule has 1 atom stereocenters. The van der Waals surface area contributed by atoms with E-state index in [-0.39, 0.29) is 0 Å². The normalized spacial score (nSPS) is 14.9. The Bertz CT molecular complexity index is 306. The van der Waals surface area contributed by atoms with Crippen LogP contribution in [0.1, 0.15) is 31.4 Å². The second-order valence-electron chi connectivity index (χ2n) is 4.80. The van der Waals surface area contributed by atoms with Crippen LogP contribution in [0.3, 0.4) is 0 Å². The van der Waals surface area contributed by atoms with Crippen LogP contribution in [-0.2, 0) is 6.42 Å². The topological polar surface area (TPSA) is 12.0 Å². The van der Waals surface area contributed by atoms with Gasteiger partial charge >= 0.3 is 0 Å². The van der Waals surface area contributed by atoms with Crippen molar-refractivity contribution < 1.29 is 0 Å². The summed E-state index contributed by atoms with van der Waals surface area (Å²) in [5.74, 6) is 0. The highest BCUT2D eigenvalue weighted by atomic mass is 14.8. The molecule has 0 saturated carbocycles. The molecule has 0 aliphatic carbocycles. The van der Waals surface area contributed by atoms with E-state index < -0.39 is 0 Å². The average Bonchev–Trinajstić information content (AvgIpc) is 2.22. The molecular formula is C14H23N. The molecule has 0 aliphatic heterocycles. The van der Waals surface area contributed by atoms with E-state index in [0.717, 1.165) is 13.0 Å². The minimum Gasteiger partial charge on any atom is -0.319 e. The highest BCUT2D eigenvalue weighted by Gasteiger charge is 2.22. The van der Waals surface area contributed by atoms with Crippen molar-refractivity contribution in [3.63, 3.8) is 0 Å². The SMILES string of the molecule is CCC(C)(CNC)Cc1ccccc1C. The summed E-state index contributed by atoms with van der Waals surface area (Å²) >= 11 is 0. The van der Waals surface area contributed by atoms with Gasteiger partial charge in [-0.05, 0) is 43.4 Å². The summed E-state index contributed by atoms with van der Waals surface area (Å²) in [6.45, 7) is 7.91. The fourth-order valence-electron chi connectivity index (χ4n) is 2.01. The molecule has 1 rings (SSSR count). The molecule has 0 radical (unpaired) electrons. The van der Waals surface area contributed by atoms with Gasteiger partial charge in [0.2, 0.25) is 0 Å². The molecule has 0 saturated heterocycles. The van der Waals surface area contributed by atoms with Gasteiger partial charge in [-0.3, -0.25) is 0 Å². The quantitative estimate of drug-likeness (QED) is 0.778. The molecule has 1 nitrogen and oxygen atoms in total. The fourth-order valence-corrected chi connectivity index (χ4v) is 2.01. The zero-order valence-corrected chi connectivity index (χ0v) is 10.4. The van der Waals surface area contributed by atoms with Crippen LogP contribution in [0.25, 0.3) is 0 Å². The van der Waals surface area contributed by atoms with Gasteiger partial charge < -0.3 is 5.32 Å². The Kier molecular flexibility index (Phi) is 4.34.